The third kappa shape index (κ3) is 5.81. The second kappa shape index (κ2) is 10.9. The van der Waals surface area contributed by atoms with Gasteiger partial charge in [0, 0.05) is 36.7 Å². The van der Waals surface area contributed by atoms with Gasteiger partial charge in [-0.3, -0.25) is 9.59 Å². The number of rotatable bonds is 5. The first-order valence-electron chi connectivity index (χ1n) is 12.5. The number of hydrogen-bond acceptors (Lipinski definition) is 3. The molecule has 36 heavy (non-hydrogen) atoms. The zero-order valence-electron chi connectivity index (χ0n) is 20.3. The first kappa shape index (κ1) is 25.9. The molecule has 0 spiro atoms. The summed E-state index contributed by atoms with van der Waals surface area (Å²) in [6, 6.07) is 9.02. The molecule has 1 heterocycles. The number of amides is 2. The Morgan fingerprint density at radius 2 is 2.00 bits per heavy atom. The van der Waals surface area contributed by atoms with Gasteiger partial charge in [0.15, 0.2) is 0 Å². The maximum atomic E-state index is 13.5. The van der Waals surface area contributed by atoms with Crippen molar-refractivity contribution in [3.05, 3.63) is 64.7 Å². The predicted octanol–water partition coefficient (Wildman–Crippen LogP) is 5.89. The highest BCUT2D eigenvalue weighted by Gasteiger charge is 2.33. The minimum atomic E-state index is -4.54. The molecule has 1 unspecified atom stereocenters. The SMILES string of the molecule is CCCCC(=O)N1CCC/C(=C\C(=O)Nc2cccc3c2CC(O)CC3)c2ccc(C(F)(F)F)cc21. The minimum Gasteiger partial charge on any atom is -0.393 e. The number of aryl methyl sites for hydroxylation is 1. The fourth-order valence-electron chi connectivity index (χ4n) is 4.97. The van der Waals surface area contributed by atoms with Crippen LogP contribution in [0.3, 0.4) is 0 Å². The van der Waals surface area contributed by atoms with Crippen LogP contribution in [0.4, 0.5) is 24.5 Å². The highest BCUT2D eigenvalue weighted by Crippen LogP contribution is 2.39. The van der Waals surface area contributed by atoms with Crippen LogP contribution in [0.5, 0.6) is 0 Å². The number of alkyl halides is 3. The molecular weight excluding hydrogens is 469 g/mol. The van der Waals surface area contributed by atoms with Crippen molar-refractivity contribution in [1.29, 1.82) is 0 Å². The Kier molecular flexibility index (Phi) is 7.83. The fraction of sp³-hybridized carbons (Fsp3) is 0.429. The number of carbonyl (C=O) groups excluding carboxylic acids is 2. The molecule has 8 heteroatoms. The second-order valence-corrected chi connectivity index (χ2v) is 9.48. The smallest absolute Gasteiger partial charge is 0.393 e. The van der Waals surface area contributed by atoms with Crippen LogP contribution in [-0.2, 0) is 28.6 Å². The number of aliphatic hydroxyl groups excluding tert-OH is 1. The molecule has 2 aromatic carbocycles. The maximum absolute atomic E-state index is 13.5. The fourth-order valence-corrected chi connectivity index (χ4v) is 4.97. The molecular formula is C28H31F3N2O3. The summed E-state index contributed by atoms with van der Waals surface area (Å²) < 4.78 is 40.5. The molecule has 1 aliphatic heterocycles. The molecule has 2 aromatic rings. The third-order valence-electron chi connectivity index (χ3n) is 6.86. The monoisotopic (exact) mass is 500 g/mol. The molecule has 0 aromatic heterocycles. The van der Waals surface area contributed by atoms with Crippen LogP contribution in [0.15, 0.2) is 42.5 Å². The summed E-state index contributed by atoms with van der Waals surface area (Å²) in [4.78, 5) is 27.4. The summed E-state index contributed by atoms with van der Waals surface area (Å²) >= 11 is 0. The largest absolute Gasteiger partial charge is 0.416 e. The molecule has 0 radical (unpaired) electrons. The zero-order chi connectivity index (χ0) is 25.9. The molecule has 1 aliphatic carbocycles. The van der Waals surface area contributed by atoms with E-state index in [9.17, 15) is 27.9 Å². The van der Waals surface area contributed by atoms with Crippen molar-refractivity contribution in [2.45, 2.75) is 70.6 Å². The van der Waals surface area contributed by atoms with Crippen LogP contribution in [0.1, 0.15) is 67.7 Å². The Morgan fingerprint density at radius 1 is 1.19 bits per heavy atom. The Morgan fingerprint density at radius 3 is 2.75 bits per heavy atom. The second-order valence-electron chi connectivity index (χ2n) is 9.48. The average molecular weight is 501 g/mol. The van der Waals surface area contributed by atoms with Crippen molar-refractivity contribution < 1.29 is 27.9 Å². The number of nitrogens with zero attached hydrogens (tertiary/aromatic N) is 1. The number of carbonyl (C=O) groups is 2. The van der Waals surface area contributed by atoms with Crippen LogP contribution in [-0.4, -0.2) is 29.6 Å². The van der Waals surface area contributed by atoms with Gasteiger partial charge in [-0.1, -0.05) is 31.5 Å². The summed E-state index contributed by atoms with van der Waals surface area (Å²) in [5.41, 5.74) is 3.05. The molecule has 0 bridgehead atoms. The molecule has 2 amide bonds. The number of aliphatic hydroxyl groups is 1. The number of unbranched alkanes of at least 4 members (excludes halogenated alkanes) is 1. The van der Waals surface area contributed by atoms with Crippen molar-refractivity contribution in [2.24, 2.45) is 0 Å². The Hall–Kier alpha value is -3.13. The van der Waals surface area contributed by atoms with Crippen LogP contribution >= 0.6 is 0 Å². The predicted molar refractivity (Wildman–Crippen MR) is 134 cm³/mol. The molecule has 4 rings (SSSR count). The van der Waals surface area contributed by atoms with Crippen LogP contribution in [0.2, 0.25) is 0 Å². The lowest BCUT2D eigenvalue weighted by Gasteiger charge is -2.24. The van der Waals surface area contributed by atoms with E-state index in [0.29, 0.717) is 55.5 Å². The zero-order valence-corrected chi connectivity index (χ0v) is 20.3. The van der Waals surface area contributed by atoms with Crippen molar-refractivity contribution >= 4 is 28.8 Å². The van der Waals surface area contributed by atoms with Gasteiger partial charge in [-0.25, -0.2) is 0 Å². The summed E-state index contributed by atoms with van der Waals surface area (Å²) in [6.45, 7) is 2.25. The van der Waals surface area contributed by atoms with E-state index in [1.165, 1.54) is 17.0 Å². The molecule has 1 atom stereocenters. The Balaban J connectivity index is 1.67. The van der Waals surface area contributed by atoms with Crippen LogP contribution in [0.25, 0.3) is 5.57 Å². The van der Waals surface area contributed by atoms with E-state index in [1.54, 1.807) is 6.07 Å². The van der Waals surface area contributed by atoms with E-state index < -0.39 is 23.8 Å². The summed E-state index contributed by atoms with van der Waals surface area (Å²) in [6.07, 6.45) is 0.998. The summed E-state index contributed by atoms with van der Waals surface area (Å²) in [5, 5.41) is 13.0. The maximum Gasteiger partial charge on any atom is 0.416 e. The third-order valence-corrected chi connectivity index (χ3v) is 6.86. The Bertz CT molecular complexity index is 1170. The summed E-state index contributed by atoms with van der Waals surface area (Å²) in [7, 11) is 0. The lowest BCUT2D eigenvalue weighted by atomic mass is 9.88. The number of halogens is 3. The van der Waals surface area contributed by atoms with Crippen molar-refractivity contribution in [3.63, 3.8) is 0 Å². The normalized spacial score (nSPS) is 18.9. The van der Waals surface area contributed by atoms with E-state index in [1.807, 2.05) is 19.1 Å². The summed E-state index contributed by atoms with van der Waals surface area (Å²) in [5.74, 6) is -0.604. The van der Waals surface area contributed by atoms with E-state index in [-0.39, 0.29) is 18.0 Å². The van der Waals surface area contributed by atoms with E-state index in [2.05, 4.69) is 5.32 Å². The molecule has 192 valence electrons. The highest BCUT2D eigenvalue weighted by molar-refractivity contribution is 6.06. The number of anilines is 2. The molecule has 0 saturated carbocycles. The number of hydrogen-bond donors (Lipinski definition) is 2. The van der Waals surface area contributed by atoms with Gasteiger partial charge in [-0.05, 0) is 67.0 Å². The molecule has 0 fully saturated rings. The minimum absolute atomic E-state index is 0.197. The van der Waals surface area contributed by atoms with Gasteiger partial charge < -0.3 is 15.3 Å². The lowest BCUT2D eigenvalue weighted by Crippen LogP contribution is -2.31. The van der Waals surface area contributed by atoms with Gasteiger partial charge in [-0.2, -0.15) is 13.2 Å². The first-order valence-corrected chi connectivity index (χ1v) is 12.5. The number of allylic oxidation sites excluding steroid dienone is 1. The average Bonchev–Trinajstić information content (AvgIpc) is 3.01. The van der Waals surface area contributed by atoms with E-state index in [0.717, 1.165) is 36.1 Å². The topological polar surface area (TPSA) is 69.6 Å². The van der Waals surface area contributed by atoms with Gasteiger partial charge in [-0.15, -0.1) is 0 Å². The highest BCUT2D eigenvalue weighted by atomic mass is 19.4. The van der Waals surface area contributed by atoms with Crippen LogP contribution in [0, 0.1) is 0 Å². The molecule has 0 saturated heterocycles. The van der Waals surface area contributed by atoms with Crippen LogP contribution < -0.4 is 10.2 Å². The van der Waals surface area contributed by atoms with Crippen molar-refractivity contribution in [3.8, 4) is 0 Å². The molecule has 2 N–H and O–H groups in total. The van der Waals surface area contributed by atoms with E-state index in [4.69, 9.17) is 0 Å². The quantitative estimate of drug-likeness (QED) is 0.503. The first-order chi connectivity index (χ1) is 17.2. The van der Waals surface area contributed by atoms with E-state index >= 15 is 0 Å². The van der Waals surface area contributed by atoms with Crippen molar-refractivity contribution in [1.82, 2.24) is 0 Å². The van der Waals surface area contributed by atoms with Gasteiger partial charge in [0.2, 0.25) is 11.8 Å². The van der Waals surface area contributed by atoms with Gasteiger partial charge >= 0.3 is 6.18 Å². The number of benzene rings is 2. The van der Waals surface area contributed by atoms with Gasteiger partial charge in [0.25, 0.3) is 0 Å². The molecule has 5 nitrogen and oxygen atoms in total. The standard InChI is InChI=1S/C28H31F3N2O3/c1-2-3-9-27(36)33-14-5-7-19(22-13-11-20(16-25(22)33)28(29,30)31)15-26(35)32-24-8-4-6-18-10-12-21(34)17-23(18)24/h4,6,8,11,13,15-16,21,34H,2-3,5,7,9-10,12,14,17H2,1H3,(H,32,35)/b19-15+. The molecule has 2 aliphatic rings. The van der Waals surface area contributed by atoms with Crippen molar-refractivity contribution in [2.75, 3.05) is 16.8 Å². The Labute approximate surface area is 209 Å². The number of nitrogens with one attached hydrogen (secondary N) is 1. The van der Waals surface area contributed by atoms with Gasteiger partial charge in [0.1, 0.15) is 0 Å². The van der Waals surface area contributed by atoms with Gasteiger partial charge in [0.05, 0.1) is 17.4 Å². The number of fused-ring (bicyclic) bond motifs is 2. The lowest BCUT2D eigenvalue weighted by molar-refractivity contribution is -0.137.